The van der Waals surface area contributed by atoms with E-state index in [4.69, 9.17) is 4.18 Å². The first kappa shape index (κ1) is 29.5. The van der Waals surface area contributed by atoms with Crippen molar-refractivity contribution < 1.29 is 25.8 Å². The summed E-state index contributed by atoms with van der Waals surface area (Å²) < 4.78 is 58.6. The summed E-state index contributed by atoms with van der Waals surface area (Å²) in [5.41, 5.74) is 4.71. The zero-order valence-electron chi connectivity index (χ0n) is 21.2. The number of hydrogen-bond donors (Lipinski definition) is 2. The number of hydrazone groups is 1. The Labute approximate surface area is 231 Å². The topological polar surface area (TPSA) is 131 Å². The largest absolute Gasteiger partial charge is 0.378 e. The lowest BCUT2D eigenvalue weighted by atomic mass is 10.1. The van der Waals surface area contributed by atoms with Gasteiger partial charge in [-0.15, -0.1) is 0 Å². The maximum Gasteiger partial charge on any atom is 0.339 e. The van der Waals surface area contributed by atoms with Crippen molar-refractivity contribution >= 4 is 48.2 Å². The van der Waals surface area contributed by atoms with Crippen LogP contribution < -0.4 is 14.3 Å². The Morgan fingerprint density at radius 1 is 0.895 bits per heavy atom. The summed E-state index contributed by atoms with van der Waals surface area (Å²) in [6, 6.07) is 16.1. The second-order valence-corrected chi connectivity index (χ2v) is 13.0. The van der Waals surface area contributed by atoms with Gasteiger partial charge in [0.1, 0.15) is 10.9 Å². The lowest BCUT2D eigenvalue weighted by Gasteiger charge is -2.20. The van der Waals surface area contributed by atoms with Crippen LogP contribution in [0, 0.1) is 19.8 Å². The number of carbonyl (C=O) groups excluding carboxylic acids is 1. The van der Waals surface area contributed by atoms with Crippen LogP contribution >= 0.6 is 15.9 Å². The monoisotopic (exact) mass is 621 g/mol. The zero-order valence-corrected chi connectivity index (χ0v) is 24.4. The minimum absolute atomic E-state index is 0.0288. The first-order chi connectivity index (χ1) is 17.8. The van der Waals surface area contributed by atoms with E-state index in [1.165, 1.54) is 36.5 Å². The molecule has 0 spiro atoms. The molecule has 0 aliphatic heterocycles. The molecule has 1 amide bonds. The van der Waals surface area contributed by atoms with Crippen LogP contribution in [0.15, 0.2) is 86.1 Å². The van der Waals surface area contributed by atoms with E-state index in [0.29, 0.717) is 10.0 Å². The summed E-state index contributed by atoms with van der Waals surface area (Å²) in [4.78, 5) is 12.8. The van der Waals surface area contributed by atoms with Gasteiger partial charge in [0.05, 0.1) is 15.6 Å². The van der Waals surface area contributed by atoms with Crippen molar-refractivity contribution in [2.75, 3.05) is 0 Å². The Morgan fingerprint density at radius 3 is 1.97 bits per heavy atom. The van der Waals surface area contributed by atoms with Crippen molar-refractivity contribution in [3.05, 3.63) is 87.9 Å². The van der Waals surface area contributed by atoms with Gasteiger partial charge in [-0.2, -0.15) is 18.2 Å². The Balaban J connectivity index is 1.67. The highest BCUT2D eigenvalue weighted by atomic mass is 79.9. The molecular weight excluding hydrogens is 594 g/mol. The Morgan fingerprint density at radius 2 is 1.45 bits per heavy atom. The third kappa shape index (κ3) is 7.73. The van der Waals surface area contributed by atoms with Gasteiger partial charge in [-0.1, -0.05) is 49.2 Å². The van der Waals surface area contributed by atoms with Gasteiger partial charge in [-0.25, -0.2) is 13.8 Å². The van der Waals surface area contributed by atoms with Crippen LogP contribution in [0.5, 0.6) is 5.75 Å². The fourth-order valence-corrected chi connectivity index (χ4v) is 6.10. The minimum atomic E-state index is -4.03. The summed E-state index contributed by atoms with van der Waals surface area (Å²) >= 11 is 3.29. The van der Waals surface area contributed by atoms with E-state index in [9.17, 15) is 21.6 Å². The summed E-state index contributed by atoms with van der Waals surface area (Å²) in [6.07, 6.45) is 1.34. The molecule has 3 aromatic carbocycles. The average Bonchev–Trinajstić information content (AvgIpc) is 2.84. The molecule has 9 nitrogen and oxygen atoms in total. The fraction of sp³-hybridized carbons (Fsp3) is 0.231. The van der Waals surface area contributed by atoms with Gasteiger partial charge in [0, 0.05) is 0 Å². The number of hydrogen-bond acceptors (Lipinski definition) is 7. The van der Waals surface area contributed by atoms with Crippen LogP contribution in [-0.2, 0) is 24.9 Å². The van der Waals surface area contributed by atoms with Crippen molar-refractivity contribution in [2.45, 2.75) is 43.5 Å². The number of sulfonamides is 1. The molecule has 3 rings (SSSR count). The molecular formula is C26H28BrN3O6S2. The number of nitrogens with zero attached hydrogens (tertiary/aromatic N) is 1. The second-order valence-electron chi connectivity index (χ2n) is 8.93. The van der Waals surface area contributed by atoms with Crippen molar-refractivity contribution in [3.8, 4) is 5.75 Å². The number of carbonyl (C=O) groups is 1. The molecule has 12 heteroatoms. The van der Waals surface area contributed by atoms with Gasteiger partial charge in [0.15, 0.2) is 5.75 Å². The standard InChI is InChI=1S/C26H28BrN3O6S2/c1-17(2)25(30-37(32,33)21-10-5-18(3)6-11-21)26(31)29-28-16-20-9-14-24(23(27)15-20)36-38(34,35)22-12-7-19(4)8-13-22/h5-17,25,30H,1-4H3,(H,29,31)/b28-16-/t25-/m0/s1. The number of halogens is 1. The first-order valence-electron chi connectivity index (χ1n) is 11.5. The van der Waals surface area contributed by atoms with E-state index >= 15 is 0 Å². The lowest BCUT2D eigenvalue weighted by Crippen LogP contribution is -2.48. The van der Waals surface area contributed by atoms with Gasteiger partial charge in [-0.3, -0.25) is 4.79 Å². The normalized spacial score (nSPS) is 13.0. The molecule has 0 bridgehead atoms. The molecule has 0 aliphatic carbocycles. The molecule has 0 aliphatic rings. The fourth-order valence-electron chi connectivity index (χ4n) is 3.22. The number of nitrogens with one attached hydrogen (secondary N) is 2. The van der Waals surface area contributed by atoms with Gasteiger partial charge in [0.2, 0.25) is 10.0 Å². The van der Waals surface area contributed by atoms with Crippen molar-refractivity contribution in [3.63, 3.8) is 0 Å². The molecule has 2 N–H and O–H groups in total. The van der Waals surface area contributed by atoms with Crippen molar-refractivity contribution in [1.29, 1.82) is 0 Å². The van der Waals surface area contributed by atoms with E-state index in [1.54, 1.807) is 50.2 Å². The summed E-state index contributed by atoms with van der Waals surface area (Å²) in [5, 5.41) is 3.92. The van der Waals surface area contributed by atoms with Gasteiger partial charge >= 0.3 is 10.1 Å². The van der Waals surface area contributed by atoms with Crippen LogP contribution in [0.4, 0.5) is 0 Å². The van der Waals surface area contributed by atoms with Gasteiger partial charge < -0.3 is 4.18 Å². The predicted octanol–water partition coefficient (Wildman–Crippen LogP) is 4.29. The number of amides is 1. The van der Waals surface area contributed by atoms with Crippen LogP contribution in [0.3, 0.4) is 0 Å². The van der Waals surface area contributed by atoms with Crippen LogP contribution in [0.2, 0.25) is 0 Å². The molecule has 0 unspecified atom stereocenters. The molecule has 0 aromatic heterocycles. The maximum atomic E-state index is 12.7. The average molecular weight is 623 g/mol. The van der Waals surface area contributed by atoms with E-state index < -0.39 is 32.1 Å². The van der Waals surface area contributed by atoms with E-state index in [0.717, 1.165) is 11.1 Å². The Kier molecular flexibility index (Phi) is 9.47. The third-order valence-electron chi connectivity index (χ3n) is 5.42. The minimum Gasteiger partial charge on any atom is -0.378 e. The number of benzene rings is 3. The van der Waals surface area contributed by atoms with E-state index in [1.807, 2.05) is 13.8 Å². The summed E-state index contributed by atoms with van der Waals surface area (Å²) in [6.45, 7) is 7.13. The van der Waals surface area contributed by atoms with Crippen LogP contribution in [0.25, 0.3) is 0 Å². The highest BCUT2D eigenvalue weighted by Gasteiger charge is 2.28. The molecule has 0 fully saturated rings. The SMILES string of the molecule is Cc1ccc(S(=O)(=O)N[C@H](C(=O)N/N=C\c2ccc(OS(=O)(=O)c3ccc(C)cc3)c(Br)c2)C(C)C)cc1. The number of rotatable bonds is 10. The van der Waals surface area contributed by atoms with E-state index in [-0.39, 0.29) is 21.5 Å². The number of aryl methyl sites for hydroxylation is 2. The molecule has 0 saturated heterocycles. The Hall–Kier alpha value is -3.06. The molecule has 202 valence electrons. The zero-order chi connectivity index (χ0) is 28.1. The molecule has 1 atom stereocenters. The summed E-state index contributed by atoms with van der Waals surface area (Å²) in [5.74, 6) is -0.904. The van der Waals surface area contributed by atoms with Gasteiger partial charge in [0.25, 0.3) is 5.91 Å². The van der Waals surface area contributed by atoms with Crippen LogP contribution in [0.1, 0.15) is 30.5 Å². The molecule has 0 heterocycles. The van der Waals surface area contributed by atoms with Crippen molar-refractivity contribution in [2.24, 2.45) is 11.0 Å². The lowest BCUT2D eigenvalue weighted by molar-refractivity contribution is -0.123. The molecule has 0 radical (unpaired) electrons. The third-order valence-corrected chi connectivity index (χ3v) is 8.74. The molecule has 0 saturated carbocycles. The highest BCUT2D eigenvalue weighted by Crippen LogP contribution is 2.28. The highest BCUT2D eigenvalue weighted by molar-refractivity contribution is 9.10. The van der Waals surface area contributed by atoms with Gasteiger partial charge in [-0.05, 0) is 83.7 Å². The molecule has 3 aromatic rings. The smallest absolute Gasteiger partial charge is 0.339 e. The maximum absolute atomic E-state index is 12.7. The van der Waals surface area contributed by atoms with E-state index in [2.05, 4.69) is 31.2 Å². The summed E-state index contributed by atoms with van der Waals surface area (Å²) in [7, 11) is -7.95. The molecule has 38 heavy (non-hydrogen) atoms. The van der Waals surface area contributed by atoms with Crippen molar-refractivity contribution in [1.82, 2.24) is 10.1 Å². The second kappa shape index (κ2) is 12.2. The first-order valence-corrected chi connectivity index (χ1v) is 15.2. The quantitative estimate of drug-likeness (QED) is 0.197. The Bertz CT molecular complexity index is 1540. The predicted molar refractivity (Wildman–Crippen MR) is 149 cm³/mol. The van der Waals surface area contributed by atoms with Crippen LogP contribution in [-0.4, -0.2) is 35.0 Å².